The molecule has 2 nitrogen and oxygen atoms in total. The van der Waals surface area contributed by atoms with Gasteiger partial charge in [-0.1, -0.05) is 36.1 Å². The summed E-state index contributed by atoms with van der Waals surface area (Å²) < 4.78 is 6.10. The van der Waals surface area contributed by atoms with Crippen LogP contribution in [0.15, 0.2) is 48.8 Å². The maximum atomic E-state index is 4.80. The molecule has 166 valence electrons. The average molecular weight is 619 g/mol. The number of pyridine rings is 2. The van der Waals surface area contributed by atoms with E-state index in [1.54, 1.807) is 9.91 Å². The van der Waals surface area contributed by atoms with E-state index in [-0.39, 0.29) is 7.43 Å². The predicted molar refractivity (Wildman–Crippen MR) is 144 cm³/mol. The Balaban J connectivity index is 0. The summed E-state index contributed by atoms with van der Waals surface area (Å²) in [5.74, 6) is 0. The van der Waals surface area contributed by atoms with Crippen LogP contribution in [0.4, 0.5) is 0 Å². The Bertz CT molecular complexity index is 542. The summed E-state index contributed by atoms with van der Waals surface area (Å²) >= 11 is -0.0570. The summed E-state index contributed by atoms with van der Waals surface area (Å²) in [5.41, 5.74) is 1.07. The summed E-state index contributed by atoms with van der Waals surface area (Å²) in [6.45, 7) is 8.96. The molecule has 0 amide bonds. The van der Waals surface area contributed by atoms with Crippen molar-refractivity contribution in [2.45, 2.75) is 87.0 Å². The van der Waals surface area contributed by atoms with Crippen molar-refractivity contribution in [2.24, 2.45) is 0 Å². The zero-order valence-electron chi connectivity index (χ0n) is 18.8. The Morgan fingerprint density at radius 1 is 0.724 bits per heavy atom. The largest absolute Gasteiger partial charge is 0.262 e. The van der Waals surface area contributed by atoms with Gasteiger partial charge in [-0.05, 0) is 24.0 Å². The summed E-state index contributed by atoms with van der Waals surface area (Å²) in [6.07, 6.45) is 12.1. The zero-order chi connectivity index (χ0) is 21.1. The van der Waals surface area contributed by atoms with Crippen molar-refractivity contribution in [1.29, 1.82) is 0 Å². The van der Waals surface area contributed by atoms with E-state index >= 15 is 0 Å². The Labute approximate surface area is 199 Å². The fourth-order valence-electron chi connectivity index (χ4n) is 3.43. The van der Waals surface area contributed by atoms with E-state index in [2.05, 4.69) is 66.5 Å². The molecule has 4 heteroatoms. The molecular weight excluding hydrogens is 574 g/mol. The van der Waals surface area contributed by atoms with Crippen LogP contribution in [0.5, 0.6) is 0 Å². The summed E-state index contributed by atoms with van der Waals surface area (Å²) in [6, 6.07) is 12.5. The molecule has 29 heavy (non-hydrogen) atoms. The maximum absolute atomic E-state index is 4.80. The van der Waals surface area contributed by atoms with Crippen molar-refractivity contribution in [3.63, 3.8) is 0 Å². The molecular formula is C25H45IN2Sn. The molecule has 0 aliphatic heterocycles. The molecule has 0 radical (unpaired) electrons. The number of aryl methyl sites for hydroxylation is 1. The topological polar surface area (TPSA) is 25.8 Å². The second-order valence-corrected chi connectivity index (χ2v) is 20.3. The molecule has 2 heterocycles. The van der Waals surface area contributed by atoms with Crippen LogP contribution in [-0.4, -0.2) is 33.3 Å². The van der Waals surface area contributed by atoms with Crippen molar-refractivity contribution in [3.8, 4) is 0 Å². The van der Waals surface area contributed by atoms with Crippen LogP contribution in [-0.2, 0) is 0 Å². The third-order valence-corrected chi connectivity index (χ3v) is 20.2. The van der Waals surface area contributed by atoms with E-state index in [0.29, 0.717) is 0 Å². The fourth-order valence-corrected chi connectivity index (χ4v) is 18.9. The van der Waals surface area contributed by atoms with Crippen LogP contribution >= 0.6 is 22.6 Å². The molecule has 0 atom stereocenters. The van der Waals surface area contributed by atoms with Gasteiger partial charge in [-0.15, -0.1) is 0 Å². The predicted octanol–water partition coefficient (Wildman–Crippen LogP) is 8.22. The monoisotopic (exact) mass is 620 g/mol. The Morgan fingerprint density at radius 3 is 1.45 bits per heavy atom. The van der Waals surface area contributed by atoms with Gasteiger partial charge in [0, 0.05) is 11.9 Å². The van der Waals surface area contributed by atoms with E-state index < -0.39 is 18.4 Å². The van der Waals surface area contributed by atoms with Crippen LogP contribution in [0.25, 0.3) is 0 Å². The van der Waals surface area contributed by atoms with Gasteiger partial charge in [0.2, 0.25) is 0 Å². The third-order valence-electron chi connectivity index (χ3n) is 5.05. The van der Waals surface area contributed by atoms with Gasteiger partial charge < -0.3 is 0 Å². The molecule has 0 saturated carbocycles. The van der Waals surface area contributed by atoms with Crippen molar-refractivity contribution in [2.75, 3.05) is 4.93 Å². The summed E-state index contributed by atoms with van der Waals surface area (Å²) in [4.78, 5) is 10.8. The SMILES string of the molecule is C.CCC[CH2][Sn]([CH2]CCC)([CH2]CCC)[c]1ccccn1.CI.Cc1ccccn1. The van der Waals surface area contributed by atoms with Gasteiger partial charge >= 0.3 is 124 Å². The molecule has 0 bridgehead atoms. The smallest absolute Gasteiger partial charge is 0.0372 e. The van der Waals surface area contributed by atoms with Gasteiger partial charge in [0.15, 0.2) is 0 Å². The Morgan fingerprint density at radius 2 is 1.17 bits per heavy atom. The van der Waals surface area contributed by atoms with Crippen molar-refractivity contribution >= 4 is 44.7 Å². The van der Waals surface area contributed by atoms with E-state index in [4.69, 9.17) is 4.98 Å². The number of aromatic nitrogens is 2. The number of hydrogen-bond donors (Lipinski definition) is 0. The van der Waals surface area contributed by atoms with Gasteiger partial charge in [-0.3, -0.25) is 4.98 Å². The number of hydrogen-bond acceptors (Lipinski definition) is 2. The van der Waals surface area contributed by atoms with Crippen LogP contribution in [0.2, 0.25) is 13.3 Å². The van der Waals surface area contributed by atoms with Gasteiger partial charge in [0.05, 0.1) is 0 Å². The first-order chi connectivity index (χ1) is 13.7. The standard InChI is InChI=1S/C6H7N.C5H4N.3C4H9.CH3I.CH4.Sn/c1-6-4-2-3-5-7-6;1-2-4-6-5-3-1;3*1-3-4-2;1-2;;/h2-5H,1H3;1-4H;3*1,3-4H2,2H3;1H3;1H4;. The van der Waals surface area contributed by atoms with Crippen molar-refractivity contribution < 1.29 is 0 Å². The molecule has 2 rings (SSSR count). The molecule has 0 spiro atoms. The van der Waals surface area contributed by atoms with E-state index in [9.17, 15) is 0 Å². The number of alkyl halides is 1. The fraction of sp³-hybridized carbons (Fsp3) is 0.600. The minimum Gasteiger partial charge on any atom is -0.262 e. The first kappa shape index (κ1) is 31.0. The first-order valence-electron chi connectivity index (χ1n) is 10.9. The minimum absolute atomic E-state index is 0. The van der Waals surface area contributed by atoms with E-state index in [0.717, 1.165) is 5.69 Å². The molecule has 2 aromatic rings. The summed E-state index contributed by atoms with van der Waals surface area (Å²) in [7, 11) is 0. The van der Waals surface area contributed by atoms with Crippen LogP contribution < -0.4 is 3.71 Å². The Kier molecular flexibility index (Phi) is 22.5. The Hall–Kier alpha value is -0.171. The maximum Gasteiger partial charge on any atom is 0.0372 e. The number of rotatable bonds is 10. The minimum atomic E-state index is -2.21. The molecule has 0 fully saturated rings. The molecule has 0 N–H and O–H groups in total. The number of halogens is 1. The van der Waals surface area contributed by atoms with Gasteiger partial charge in [0.1, 0.15) is 0 Å². The van der Waals surface area contributed by atoms with Crippen LogP contribution in [0, 0.1) is 6.92 Å². The molecule has 0 aromatic carbocycles. The van der Waals surface area contributed by atoms with Crippen molar-refractivity contribution in [1.82, 2.24) is 9.97 Å². The van der Waals surface area contributed by atoms with Crippen LogP contribution in [0.1, 0.15) is 72.4 Å². The molecule has 2 aromatic heterocycles. The second kappa shape index (κ2) is 21.1. The third kappa shape index (κ3) is 13.7. The van der Waals surface area contributed by atoms with E-state index in [1.165, 1.54) is 51.8 Å². The van der Waals surface area contributed by atoms with Gasteiger partial charge in [-0.2, -0.15) is 0 Å². The molecule has 0 aliphatic rings. The quantitative estimate of drug-likeness (QED) is 0.152. The van der Waals surface area contributed by atoms with Crippen molar-refractivity contribution in [3.05, 3.63) is 54.5 Å². The molecule has 0 aliphatic carbocycles. The summed E-state index contributed by atoms with van der Waals surface area (Å²) in [5, 5.41) is 0. The van der Waals surface area contributed by atoms with Gasteiger partial charge in [0.25, 0.3) is 0 Å². The zero-order valence-corrected chi connectivity index (χ0v) is 23.8. The average Bonchev–Trinajstić information content (AvgIpc) is 2.76. The molecule has 0 saturated heterocycles. The number of nitrogens with zero attached hydrogens (tertiary/aromatic N) is 2. The number of unbranched alkanes of at least 4 members (excludes halogenated alkanes) is 3. The second-order valence-electron chi connectivity index (χ2n) is 7.28. The van der Waals surface area contributed by atoms with Crippen LogP contribution in [0.3, 0.4) is 0 Å². The first-order valence-corrected chi connectivity index (χ1v) is 20.5. The van der Waals surface area contributed by atoms with E-state index in [1.807, 2.05) is 36.3 Å². The van der Waals surface area contributed by atoms with Gasteiger partial charge in [-0.25, -0.2) is 0 Å². The molecule has 0 unspecified atom stereocenters. The normalized spacial score (nSPS) is 10.0.